The van der Waals surface area contributed by atoms with Crippen LogP contribution in [0.4, 0.5) is 10.5 Å². The molecule has 0 unspecified atom stereocenters. The van der Waals surface area contributed by atoms with Gasteiger partial charge in [0.15, 0.2) is 0 Å². The van der Waals surface area contributed by atoms with Crippen LogP contribution in [0, 0.1) is 11.8 Å². The van der Waals surface area contributed by atoms with Gasteiger partial charge in [-0.1, -0.05) is 25.1 Å². The van der Waals surface area contributed by atoms with E-state index in [1.807, 2.05) is 52.9 Å². The van der Waals surface area contributed by atoms with Crippen LogP contribution >= 0.6 is 0 Å². The van der Waals surface area contributed by atoms with Crippen LogP contribution < -0.4 is 10.2 Å². The summed E-state index contributed by atoms with van der Waals surface area (Å²) < 4.78 is 5.36. The molecule has 1 N–H and O–H groups in total. The van der Waals surface area contributed by atoms with Crippen molar-refractivity contribution in [3.05, 3.63) is 30.3 Å². The summed E-state index contributed by atoms with van der Waals surface area (Å²) in [4.78, 5) is 28.3. The Bertz CT molecular complexity index is 636. The predicted octanol–water partition coefficient (Wildman–Crippen LogP) is 3.13. The number of likely N-dealkylation sites (N-methyl/N-ethyl adjacent to an activating group) is 1. The van der Waals surface area contributed by atoms with Crippen LogP contribution in [0.1, 0.15) is 34.6 Å². The maximum absolute atomic E-state index is 12.5. The van der Waals surface area contributed by atoms with E-state index in [0.717, 1.165) is 5.69 Å². The van der Waals surface area contributed by atoms with Crippen LogP contribution in [-0.4, -0.2) is 55.2 Å². The molecule has 2 rings (SSSR count). The lowest BCUT2D eigenvalue weighted by Crippen LogP contribution is -2.56. The molecule has 1 aromatic rings. The van der Waals surface area contributed by atoms with E-state index >= 15 is 0 Å². The highest BCUT2D eigenvalue weighted by Crippen LogP contribution is 2.26. The van der Waals surface area contributed by atoms with Crippen LogP contribution in [0.2, 0.25) is 0 Å². The molecule has 2 atom stereocenters. The Morgan fingerprint density at radius 2 is 1.81 bits per heavy atom. The Labute approximate surface area is 162 Å². The van der Waals surface area contributed by atoms with E-state index in [1.54, 1.807) is 4.90 Å². The molecule has 0 bridgehead atoms. The van der Waals surface area contributed by atoms with Gasteiger partial charge in [-0.25, -0.2) is 4.79 Å². The number of ether oxygens (including phenoxy) is 1. The second-order valence-electron chi connectivity index (χ2n) is 8.47. The zero-order valence-electron chi connectivity index (χ0n) is 17.4. The number of carbonyl (C=O) groups excluding carboxylic acids is 2. The molecule has 0 saturated carbocycles. The van der Waals surface area contributed by atoms with Crippen molar-refractivity contribution in [2.45, 2.75) is 46.3 Å². The molecule has 27 heavy (non-hydrogen) atoms. The normalized spacial score (nSPS) is 16.9. The summed E-state index contributed by atoms with van der Waals surface area (Å²) in [6.45, 7) is 11.3. The van der Waals surface area contributed by atoms with Crippen LogP contribution in [0.25, 0.3) is 0 Å². The first-order valence-electron chi connectivity index (χ1n) is 9.62. The summed E-state index contributed by atoms with van der Waals surface area (Å²) in [5.41, 5.74) is 0.630. The number of amides is 2. The smallest absolute Gasteiger partial charge is 0.410 e. The van der Waals surface area contributed by atoms with Gasteiger partial charge in [-0.2, -0.15) is 0 Å². The molecule has 1 aliphatic rings. The number of carbonyl (C=O) groups is 2. The predicted molar refractivity (Wildman–Crippen MR) is 108 cm³/mol. The van der Waals surface area contributed by atoms with Crippen molar-refractivity contribution < 1.29 is 14.3 Å². The number of nitrogens with one attached hydrogen (secondary N) is 1. The van der Waals surface area contributed by atoms with Crippen LogP contribution in [-0.2, 0) is 9.53 Å². The van der Waals surface area contributed by atoms with Crippen molar-refractivity contribution in [1.29, 1.82) is 0 Å². The number of nitrogens with zero attached hydrogens (tertiary/aromatic N) is 2. The van der Waals surface area contributed by atoms with E-state index in [9.17, 15) is 9.59 Å². The number of hydrogen-bond donors (Lipinski definition) is 1. The maximum Gasteiger partial charge on any atom is 0.410 e. The van der Waals surface area contributed by atoms with Crippen molar-refractivity contribution in [3.63, 3.8) is 0 Å². The first-order valence-corrected chi connectivity index (χ1v) is 9.62. The molecule has 1 aromatic carbocycles. The SMILES string of the molecule is C[C@H](C(=O)NC[C@H](C)N(C)c1ccccc1)C1CN(C(=O)OC(C)(C)C)C1. The van der Waals surface area contributed by atoms with Gasteiger partial charge in [0.1, 0.15) is 5.60 Å². The summed E-state index contributed by atoms with van der Waals surface area (Å²) in [6.07, 6.45) is -0.301. The highest BCUT2D eigenvalue weighted by atomic mass is 16.6. The molecular weight excluding hydrogens is 342 g/mol. The van der Waals surface area contributed by atoms with Gasteiger partial charge in [0.2, 0.25) is 5.91 Å². The van der Waals surface area contributed by atoms with Crippen molar-refractivity contribution >= 4 is 17.7 Å². The lowest BCUT2D eigenvalue weighted by atomic mass is 9.86. The Morgan fingerprint density at radius 3 is 2.37 bits per heavy atom. The van der Waals surface area contributed by atoms with Crippen LogP contribution in [0.3, 0.4) is 0 Å². The molecule has 0 aliphatic carbocycles. The molecule has 0 radical (unpaired) electrons. The van der Waals surface area contributed by atoms with E-state index < -0.39 is 5.60 Å². The monoisotopic (exact) mass is 375 g/mol. The molecule has 0 spiro atoms. The molecular formula is C21H33N3O3. The van der Waals surface area contributed by atoms with E-state index in [4.69, 9.17) is 4.74 Å². The van der Waals surface area contributed by atoms with Gasteiger partial charge in [-0.3, -0.25) is 4.79 Å². The average molecular weight is 376 g/mol. The van der Waals surface area contributed by atoms with Crippen molar-refractivity contribution in [2.24, 2.45) is 11.8 Å². The Morgan fingerprint density at radius 1 is 1.22 bits per heavy atom. The Hall–Kier alpha value is -2.24. The van der Waals surface area contributed by atoms with Crippen LogP contribution in [0.15, 0.2) is 30.3 Å². The lowest BCUT2D eigenvalue weighted by Gasteiger charge is -2.42. The van der Waals surface area contributed by atoms with Gasteiger partial charge in [-0.15, -0.1) is 0 Å². The Kier molecular flexibility index (Phi) is 6.73. The van der Waals surface area contributed by atoms with E-state index in [2.05, 4.69) is 29.3 Å². The molecule has 1 saturated heterocycles. The van der Waals surface area contributed by atoms with Gasteiger partial charge >= 0.3 is 6.09 Å². The summed E-state index contributed by atoms with van der Waals surface area (Å²) in [6, 6.07) is 10.3. The third-order valence-corrected chi connectivity index (χ3v) is 5.08. The fourth-order valence-corrected chi connectivity index (χ4v) is 2.98. The standard InChI is InChI=1S/C21H33N3O3/c1-15(23(6)18-10-8-7-9-11-18)12-22-19(25)16(2)17-13-24(14-17)20(26)27-21(3,4)5/h7-11,15-17H,12-14H2,1-6H3,(H,22,25)/t15-,16-/m0/s1. The second kappa shape index (κ2) is 8.63. The third-order valence-electron chi connectivity index (χ3n) is 5.08. The summed E-state index contributed by atoms with van der Waals surface area (Å²) in [7, 11) is 2.03. The molecule has 6 heteroatoms. The quantitative estimate of drug-likeness (QED) is 0.830. The van der Waals surface area contributed by atoms with Crippen LogP contribution in [0.5, 0.6) is 0 Å². The minimum Gasteiger partial charge on any atom is -0.444 e. The molecule has 1 aliphatic heterocycles. The zero-order valence-corrected chi connectivity index (χ0v) is 17.4. The van der Waals surface area contributed by atoms with Gasteiger partial charge in [0, 0.05) is 50.2 Å². The third kappa shape index (κ3) is 5.88. The van der Waals surface area contributed by atoms with Gasteiger partial charge < -0.3 is 19.9 Å². The zero-order chi connectivity index (χ0) is 20.2. The van der Waals surface area contributed by atoms with Crippen molar-refractivity contribution in [2.75, 3.05) is 31.6 Å². The lowest BCUT2D eigenvalue weighted by molar-refractivity contribution is -0.128. The van der Waals surface area contributed by atoms with Crippen molar-refractivity contribution in [1.82, 2.24) is 10.2 Å². The summed E-state index contributed by atoms with van der Waals surface area (Å²) in [5.74, 6) is 0.0924. The Balaban J connectivity index is 1.74. The number of para-hydroxylation sites is 1. The highest BCUT2D eigenvalue weighted by molar-refractivity contribution is 5.79. The van der Waals surface area contributed by atoms with Crippen molar-refractivity contribution in [3.8, 4) is 0 Å². The maximum atomic E-state index is 12.5. The fourth-order valence-electron chi connectivity index (χ4n) is 2.98. The summed E-state index contributed by atoms with van der Waals surface area (Å²) >= 11 is 0. The molecule has 0 aromatic heterocycles. The minimum absolute atomic E-state index is 0.0390. The number of anilines is 1. The minimum atomic E-state index is -0.494. The number of likely N-dealkylation sites (tertiary alicyclic amines) is 1. The van der Waals surface area contributed by atoms with Gasteiger partial charge in [0.05, 0.1) is 0 Å². The average Bonchev–Trinajstić information content (AvgIpc) is 2.56. The second-order valence-corrected chi connectivity index (χ2v) is 8.47. The molecule has 6 nitrogen and oxygen atoms in total. The van der Waals surface area contributed by atoms with E-state index in [1.165, 1.54) is 0 Å². The van der Waals surface area contributed by atoms with E-state index in [-0.39, 0.29) is 29.9 Å². The topological polar surface area (TPSA) is 61.9 Å². The fraction of sp³-hybridized carbons (Fsp3) is 0.619. The number of benzene rings is 1. The highest BCUT2D eigenvalue weighted by Gasteiger charge is 2.38. The molecule has 2 amide bonds. The van der Waals surface area contributed by atoms with Gasteiger partial charge in [-0.05, 0) is 39.8 Å². The first kappa shape index (κ1) is 21.1. The van der Waals surface area contributed by atoms with E-state index in [0.29, 0.717) is 19.6 Å². The van der Waals surface area contributed by atoms with Gasteiger partial charge in [0.25, 0.3) is 0 Å². The first-order chi connectivity index (χ1) is 12.6. The molecule has 150 valence electrons. The number of rotatable bonds is 6. The summed E-state index contributed by atoms with van der Waals surface area (Å²) in [5, 5.41) is 3.05. The number of hydrogen-bond acceptors (Lipinski definition) is 4. The molecule has 1 fully saturated rings. The largest absolute Gasteiger partial charge is 0.444 e. The molecule has 1 heterocycles.